The first-order valence-corrected chi connectivity index (χ1v) is 12.3. The number of halogens is 1. The van der Waals surface area contributed by atoms with Gasteiger partial charge in [0.05, 0.1) is 11.4 Å². The van der Waals surface area contributed by atoms with Crippen LogP contribution in [0.15, 0.2) is 72.8 Å². The summed E-state index contributed by atoms with van der Waals surface area (Å²) in [6.07, 6.45) is 0.913. The number of nitrogens with zero attached hydrogens (tertiary/aromatic N) is 2. The van der Waals surface area contributed by atoms with Crippen molar-refractivity contribution in [3.63, 3.8) is 0 Å². The Morgan fingerprint density at radius 1 is 1.03 bits per heavy atom. The van der Waals surface area contributed by atoms with E-state index in [-0.39, 0.29) is 30.0 Å². The lowest BCUT2D eigenvalue weighted by atomic mass is 10.0. The number of carbonyl (C=O) groups is 3. The molecule has 1 spiro atoms. The van der Waals surface area contributed by atoms with Crippen LogP contribution in [0.1, 0.15) is 18.1 Å². The van der Waals surface area contributed by atoms with E-state index in [2.05, 4.69) is 12.2 Å². The summed E-state index contributed by atoms with van der Waals surface area (Å²) in [5.41, 5.74) is 3.76. The molecular formula is C26H22ClN3O3S. The van der Waals surface area contributed by atoms with E-state index in [9.17, 15) is 14.4 Å². The van der Waals surface area contributed by atoms with Crippen LogP contribution in [0.4, 0.5) is 17.1 Å². The molecule has 5 rings (SSSR count). The van der Waals surface area contributed by atoms with Gasteiger partial charge >= 0.3 is 0 Å². The molecule has 3 amide bonds. The molecule has 8 heteroatoms. The van der Waals surface area contributed by atoms with Gasteiger partial charge in [-0.25, -0.2) is 0 Å². The summed E-state index contributed by atoms with van der Waals surface area (Å²) in [7, 11) is 0. The first-order valence-electron chi connectivity index (χ1n) is 11.0. The molecular weight excluding hydrogens is 470 g/mol. The Morgan fingerprint density at radius 2 is 1.74 bits per heavy atom. The van der Waals surface area contributed by atoms with Gasteiger partial charge in [0.25, 0.3) is 5.91 Å². The fraction of sp³-hybridized carbons (Fsp3) is 0.192. The number of aryl methyl sites for hydroxylation is 1. The number of amides is 3. The van der Waals surface area contributed by atoms with Crippen molar-refractivity contribution in [1.29, 1.82) is 0 Å². The fourth-order valence-electron chi connectivity index (χ4n) is 4.47. The van der Waals surface area contributed by atoms with Crippen LogP contribution >= 0.6 is 23.4 Å². The minimum atomic E-state index is -1.26. The van der Waals surface area contributed by atoms with Crippen molar-refractivity contribution in [2.24, 2.45) is 0 Å². The second kappa shape index (κ2) is 8.81. The Morgan fingerprint density at radius 3 is 2.44 bits per heavy atom. The molecule has 172 valence electrons. The smallest absolute Gasteiger partial charge is 0.269 e. The van der Waals surface area contributed by atoms with Crippen molar-refractivity contribution < 1.29 is 14.4 Å². The van der Waals surface area contributed by atoms with Crippen LogP contribution in [-0.4, -0.2) is 30.0 Å². The lowest BCUT2D eigenvalue weighted by Crippen LogP contribution is -2.50. The maximum absolute atomic E-state index is 14.0. The highest BCUT2D eigenvalue weighted by Gasteiger charge is 2.61. The highest BCUT2D eigenvalue weighted by atomic mass is 35.5. The third kappa shape index (κ3) is 3.65. The van der Waals surface area contributed by atoms with Gasteiger partial charge in [-0.15, -0.1) is 11.8 Å². The maximum atomic E-state index is 14.0. The van der Waals surface area contributed by atoms with E-state index in [4.69, 9.17) is 11.6 Å². The zero-order valence-electron chi connectivity index (χ0n) is 18.5. The van der Waals surface area contributed by atoms with Crippen LogP contribution in [0.25, 0.3) is 0 Å². The fourth-order valence-corrected chi connectivity index (χ4v) is 5.96. The maximum Gasteiger partial charge on any atom is 0.269 e. The largest absolute Gasteiger partial charge is 0.325 e. The summed E-state index contributed by atoms with van der Waals surface area (Å²) in [4.78, 5) is 41.7. The molecule has 0 aromatic heterocycles. The summed E-state index contributed by atoms with van der Waals surface area (Å²) < 4.78 is 0. The molecule has 1 saturated heterocycles. The number of para-hydroxylation sites is 1. The average molecular weight is 492 g/mol. The van der Waals surface area contributed by atoms with Gasteiger partial charge in [0.1, 0.15) is 6.54 Å². The van der Waals surface area contributed by atoms with Gasteiger partial charge in [-0.1, -0.05) is 48.9 Å². The van der Waals surface area contributed by atoms with Crippen LogP contribution in [-0.2, 0) is 25.7 Å². The quantitative estimate of drug-likeness (QED) is 0.555. The van der Waals surface area contributed by atoms with E-state index in [0.29, 0.717) is 27.6 Å². The van der Waals surface area contributed by atoms with Crippen molar-refractivity contribution in [2.45, 2.75) is 18.2 Å². The Labute approximate surface area is 206 Å². The van der Waals surface area contributed by atoms with Gasteiger partial charge in [-0.2, -0.15) is 0 Å². The van der Waals surface area contributed by atoms with E-state index in [0.717, 1.165) is 6.42 Å². The summed E-state index contributed by atoms with van der Waals surface area (Å²) >= 11 is 7.33. The standard InChI is InChI=1S/C26H22ClN3O3S/c1-2-17-7-11-19(12-8-17)28-23(31)15-29-22-6-4-3-5-21(22)26(25(29)33)30(24(32)16-34-26)20-13-9-18(27)10-14-20/h3-14H,2,15-16H2,1H3,(H,28,31). The van der Waals surface area contributed by atoms with Gasteiger partial charge < -0.3 is 5.32 Å². The second-order valence-electron chi connectivity index (χ2n) is 8.15. The molecule has 2 aliphatic rings. The lowest BCUT2D eigenvalue weighted by Gasteiger charge is -2.33. The number of thioether (sulfide) groups is 1. The zero-order valence-corrected chi connectivity index (χ0v) is 20.0. The minimum absolute atomic E-state index is 0.156. The van der Waals surface area contributed by atoms with Crippen molar-refractivity contribution in [3.8, 4) is 0 Å². The van der Waals surface area contributed by atoms with Crippen LogP contribution in [0.5, 0.6) is 0 Å². The van der Waals surface area contributed by atoms with Crippen LogP contribution in [0, 0.1) is 0 Å². The Kier molecular flexibility index (Phi) is 5.83. The molecule has 34 heavy (non-hydrogen) atoms. The first kappa shape index (κ1) is 22.5. The SMILES string of the molecule is CCc1ccc(NC(=O)CN2C(=O)C3(SCC(=O)N3c3ccc(Cl)cc3)c3ccccc32)cc1. The highest BCUT2D eigenvalue weighted by Crippen LogP contribution is 2.55. The predicted molar refractivity (Wildman–Crippen MR) is 136 cm³/mol. The van der Waals surface area contributed by atoms with E-state index < -0.39 is 4.87 Å². The predicted octanol–water partition coefficient (Wildman–Crippen LogP) is 4.82. The second-order valence-corrected chi connectivity index (χ2v) is 9.75. The van der Waals surface area contributed by atoms with Gasteiger partial charge in [-0.05, 0) is 54.4 Å². The van der Waals surface area contributed by atoms with Crippen molar-refractivity contribution in [2.75, 3.05) is 27.4 Å². The number of fused-ring (bicyclic) bond motifs is 2. The van der Waals surface area contributed by atoms with E-state index in [1.165, 1.54) is 27.1 Å². The molecule has 0 aliphatic carbocycles. The Balaban J connectivity index is 1.48. The monoisotopic (exact) mass is 491 g/mol. The molecule has 3 aromatic carbocycles. The number of nitrogens with one attached hydrogen (secondary N) is 1. The Bertz CT molecular complexity index is 1280. The van der Waals surface area contributed by atoms with E-state index in [1.807, 2.05) is 48.5 Å². The summed E-state index contributed by atoms with van der Waals surface area (Å²) in [6.45, 7) is 1.91. The van der Waals surface area contributed by atoms with Crippen molar-refractivity contribution >= 4 is 58.1 Å². The van der Waals surface area contributed by atoms with Gasteiger partial charge in [-0.3, -0.25) is 24.2 Å². The van der Waals surface area contributed by atoms with Crippen molar-refractivity contribution in [1.82, 2.24) is 0 Å². The molecule has 1 unspecified atom stereocenters. The van der Waals surface area contributed by atoms with Crippen molar-refractivity contribution in [3.05, 3.63) is 88.9 Å². The van der Waals surface area contributed by atoms with Crippen LogP contribution in [0.3, 0.4) is 0 Å². The molecule has 1 atom stereocenters. The first-order chi connectivity index (χ1) is 16.4. The van der Waals surface area contributed by atoms with Gasteiger partial charge in [0.15, 0.2) is 0 Å². The summed E-state index contributed by atoms with van der Waals surface area (Å²) in [6, 6.07) is 21.8. The molecule has 2 aliphatic heterocycles. The molecule has 1 fully saturated rings. The van der Waals surface area contributed by atoms with Crippen LogP contribution in [0.2, 0.25) is 5.02 Å². The topological polar surface area (TPSA) is 69.7 Å². The van der Waals surface area contributed by atoms with Gasteiger partial charge in [0, 0.05) is 22.0 Å². The average Bonchev–Trinajstić information content (AvgIpc) is 3.31. The number of rotatable bonds is 5. The minimum Gasteiger partial charge on any atom is -0.325 e. The molecule has 0 bridgehead atoms. The highest BCUT2D eigenvalue weighted by molar-refractivity contribution is 8.02. The molecule has 6 nitrogen and oxygen atoms in total. The van der Waals surface area contributed by atoms with Gasteiger partial charge in [0.2, 0.25) is 16.7 Å². The third-order valence-corrected chi connectivity index (χ3v) is 7.73. The number of hydrogen-bond acceptors (Lipinski definition) is 4. The molecule has 0 saturated carbocycles. The zero-order chi connectivity index (χ0) is 23.9. The number of benzene rings is 3. The molecule has 1 N–H and O–H groups in total. The molecule has 2 heterocycles. The number of carbonyl (C=O) groups excluding carboxylic acids is 3. The summed E-state index contributed by atoms with van der Waals surface area (Å²) in [5, 5.41) is 3.42. The number of hydrogen-bond donors (Lipinski definition) is 1. The normalized spacial score (nSPS) is 19.1. The van der Waals surface area contributed by atoms with Crippen LogP contribution < -0.4 is 15.1 Å². The van der Waals surface area contributed by atoms with E-state index in [1.54, 1.807) is 24.3 Å². The Hall–Kier alpha value is -3.29. The summed E-state index contributed by atoms with van der Waals surface area (Å²) in [5.74, 6) is -0.627. The molecule has 3 aromatic rings. The lowest BCUT2D eigenvalue weighted by molar-refractivity contribution is -0.124. The van der Waals surface area contributed by atoms with E-state index >= 15 is 0 Å². The number of anilines is 3. The third-order valence-electron chi connectivity index (χ3n) is 6.10. The molecule has 0 radical (unpaired) electrons.